The minimum Gasteiger partial charge on any atom is -0.387 e. The van der Waals surface area contributed by atoms with Crippen LogP contribution in [0.3, 0.4) is 0 Å². The van der Waals surface area contributed by atoms with E-state index in [2.05, 4.69) is 15.6 Å². The van der Waals surface area contributed by atoms with Crippen LogP contribution in [0.2, 0.25) is 0 Å². The number of carbonyl (C=O) groups is 1. The lowest BCUT2D eigenvalue weighted by molar-refractivity contribution is -0.137. The normalized spacial score (nSPS) is 11.7. The number of carbonyl (C=O) groups excluding carboxylic acids is 1. The van der Waals surface area contributed by atoms with E-state index in [4.69, 9.17) is 0 Å². The van der Waals surface area contributed by atoms with Gasteiger partial charge in [0.2, 0.25) is 5.91 Å². The Morgan fingerprint density at radius 3 is 2.23 bits per heavy atom. The van der Waals surface area contributed by atoms with Crippen molar-refractivity contribution in [2.45, 2.75) is 31.7 Å². The minimum absolute atomic E-state index is 0. The maximum absolute atomic E-state index is 12.8. The number of halogens is 5. The molecule has 3 N–H and O–H groups in total. The number of aliphatic hydroxyl groups excluding tert-OH is 1. The van der Waals surface area contributed by atoms with Crippen molar-refractivity contribution in [2.75, 3.05) is 18.4 Å². The smallest absolute Gasteiger partial charge is 0.387 e. The third-order valence-electron chi connectivity index (χ3n) is 6.10. The molecule has 0 radical (unpaired) electrons. The van der Waals surface area contributed by atoms with Crippen LogP contribution in [0.5, 0.6) is 0 Å². The van der Waals surface area contributed by atoms with Crippen molar-refractivity contribution >= 4 is 36.4 Å². The first kappa shape index (κ1) is 32.8. The SMILES string of the molecule is Cl.Cl.O=C(Cc1nccn1Cc1ccc(C(F)(F)F)cc1)Nc1ccc(CCNCC(O)c2ccccc2)cc1. The van der Waals surface area contributed by atoms with Gasteiger partial charge in [0.15, 0.2) is 0 Å². The highest BCUT2D eigenvalue weighted by Gasteiger charge is 2.29. The first-order chi connectivity index (χ1) is 18.3. The van der Waals surface area contributed by atoms with Crippen molar-refractivity contribution in [3.05, 3.63) is 119 Å². The van der Waals surface area contributed by atoms with Crippen LogP contribution >= 0.6 is 24.8 Å². The van der Waals surface area contributed by atoms with E-state index in [0.717, 1.165) is 29.7 Å². The van der Waals surface area contributed by atoms with Crippen LogP contribution in [0.4, 0.5) is 18.9 Å². The standard InChI is InChI=1S/C29H29F3N4O2.2ClH/c30-29(31,32)24-10-6-22(7-11-24)20-36-17-16-34-27(36)18-28(38)35-25-12-8-21(9-13-25)14-15-33-19-26(37)23-4-2-1-3-5-23;;/h1-13,16-17,26,33,37H,14-15,18-20H2,(H,35,38);2*1H. The monoisotopic (exact) mass is 594 g/mol. The van der Waals surface area contributed by atoms with E-state index < -0.39 is 17.8 Å². The van der Waals surface area contributed by atoms with E-state index in [1.165, 1.54) is 12.1 Å². The van der Waals surface area contributed by atoms with Crippen molar-refractivity contribution in [2.24, 2.45) is 0 Å². The number of nitrogens with zero attached hydrogens (tertiary/aromatic N) is 2. The van der Waals surface area contributed by atoms with Crippen molar-refractivity contribution in [3.63, 3.8) is 0 Å². The molecular formula is C29H31Cl2F3N4O2. The average molecular weight is 595 g/mol. The van der Waals surface area contributed by atoms with E-state index in [1.807, 2.05) is 54.6 Å². The van der Waals surface area contributed by atoms with Crippen molar-refractivity contribution in [1.82, 2.24) is 14.9 Å². The van der Waals surface area contributed by atoms with Gasteiger partial charge >= 0.3 is 6.18 Å². The zero-order valence-electron chi connectivity index (χ0n) is 21.5. The van der Waals surface area contributed by atoms with Gasteiger partial charge in [-0.2, -0.15) is 13.2 Å². The highest BCUT2D eigenvalue weighted by atomic mass is 35.5. The number of hydrogen-bond acceptors (Lipinski definition) is 4. The molecule has 4 aromatic rings. The Hall–Kier alpha value is -3.37. The van der Waals surface area contributed by atoms with Crippen LogP contribution in [0.15, 0.2) is 91.3 Å². The zero-order chi connectivity index (χ0) is 27.0. The summed E-state index contributed by atoms with van der Waals surface area (Å²) in [7, 11) is 0. The van der Waals surface area contributed by atoms with Crippen LogP contribution in [0.25, 0.3) is 0 Å². The molecule has 4 rings (SSSR count). The molecular weight excluding hydrogens is 564 g/mol. The molecule has 0 aliphatic carbocycles. The molecule has 3 aromatic carbocycles. The molecule has 1 unspecified atom stereocenters. The Bertz CT molecular complexity index is 1320. The van der Waals surface area contributed by atoms with Gasteiger partial charge in [-0.25, -0.2) is 4.98 Å². The average Bonchev–Trinajstić information content (AvgIpc) is 3.33. The predicted molar refractivity (Wildman–Crippen MR) is 154 cm³/mol. The van der Waals surface area contributed by atoms with Crippen LogP contribution < -0.4 is 10.6 Å². The number of imidazole rings is 1. The number of rotatable bonds is 11. The number of aromatic nitrogens is 2. The van der Waals surface area contributed by atoms with Gasteiger partial charge in [-0.05, 0) is 53.9 Å². The fourth-order valence-electron chi connectivity index (χ4n) is 4.02. The number of anilines is 1. The lowest BCUT2D eigenvalue weighted by Gasteiger charge is -2.12. The van der Waals surface area contributed by atoms with Gasteiger partial charge < -0.3 is 20.3 Å². The number of amides is 1. The Morgan fingerprint density at radius 1 is 0.925 bits per heavy atom. The predicted octanol–water partition coefficient (Wildman–Crippen LogP) is 5.84. The fraction of sp³-hybridized carbons (Fsp3) is 0.241. The number of alkyl halides is 3. The van der Waals surface area contributed by atoms with Gasteiger partial charge in [-0.1, -0.05) is 54.6 Å². The lowest BCUT2D eigenvalue weighted by Crippen LogP contribution is -2.23. The Kier molecular flexibility index (Phi) is 12.7. The summed E-state index contributed by atoms with van der Waals surface area (Å²) in [6.07, 6.45) is -0.867. The summed E-state index contributed by atoms with van der Waals surface area (Å²) in [5.74, 6) is 0.275. The maximum Gasteiger partial charge on any atom is 0.416 e. The molecule has 6 nitrogen and oxygen atoms in total. The molecule has 214 valence electrons. The van der Waals surface area contributed by atoms with Crippen LogP contribution in [-0.4, -0.2) is 33.7 Å². The summed E-state index contributed by atoms with van der Waals surface area (Å²) in [4.78, 5) is 16.8. The van der Waals surface area contributed by atoms with Crippen LogP contribution in [0, 0.1) is 0 Å². The topological polar surface area (TPSA) is 79.2 Å². The number of benzene rings is 3. The summed E-state index contributed by atoms with van der Waals surface area (Å²) < 4.78 is 40.1. The highest BCUT2D eigenvalue weighted by Crippen LogP contribution is 2.29. The third-order valence-corrected chi connectivity index (χ3v) is 6.10. The molecule has 1 heterocycles. The second-order valence-corrected chi connectivity index (χ2v) is 8.97. The molecule has 0 fully saturated rings. The van der Waals surface area contributed by atoms with E-state index in [0.29, 0.717) is 36.7 Å². The van der Waals surface area contributed by atoms with Crippen LogP contribution in [0.1, 0.15) is 34.2 Å². The molecule has 0 saturated carbocycles. The summed E-state index contributed by atoms with van der Waals surface area (Å²) >= 11 is 0. The number of nitrogens with one attached hydrogen (secondary N) is 2. The third kappa shape index (κ3) is 9.67. The van der Waals surface area contributed by atoms with Gasteiger partial charge in [0.25, 0.3) is 0 Å². The fourth-order valence-corrected chi connectivity index (χ4v) is 4.02. The number of aliphatic hydroxyl groups is 1. The molecule has 0 saturated heterocycles. The summed E-state index contributed by atoms with van der Waals surface area (Å²) in [6, 6.07) is 22.0. The number of hydrogen-bond donors (Lipinski definition) is 3. The minimum atomic E-state index is -4.38. The quantitative estimate of drug-likeness (QED) is 0.191. The molecule has 1 amide bonds. The molecule has 0 aliphatic heterocycles. The molecule has 1 atom stereocenters. The van der Waals surface area contributed by atoms with Gasteiger partial charge in [-0.3, -0.25) is 4.79 Å². The molecule has 0 bridgehead atoms. The van der Waals surface area contributed by atoms with Crippen molar-refractivity contribution < 1.29 is 23.1 Å². The lowest BCUT2D eigenvalue weighted by atomic mass is 10.1. The zero-order valence-corrected chi connectivity index (χ0v) is 23.1. The Labute approximate surface area is 243 Å². The Morgan fingerprint density at radius 2 is 1.57 bits per heavy atom. The van der Waals surface area contributed by atoms with Crippen molar-refractivity contribution in [1.29, 1.82) is 0 Å². The molecule has 0 aliphatic rings. The Balaban J connectivity index is 0.00000280. The van der Waals surface area contributed by atoms with Gasteiger partial charge in [0.05, 0.1) is 18.1 Å². The van der Waals surface area contributed by atoms with Gasteiger partial charge in [-0.15, -0.1) is 24.8 Å². The van der Waals surface area contributed by atoms with Crippen molar-refractivity contribution in [3.8, 4) is 0 Å². The van der Waals surface area contributed by atoms with E-state index in [1.54, 1.807) is 17.0 Å². The van der Waals surface area contributed by atoms with E-state index in [9.17, 15) is 23.1 Å². The molecule has 40 heavy (non-hydrogen) atoms. The molecule has 0 spiro atoms. The second kappa shape index (κ2) is 15.4. The van der Waals surface area contributed by atoms with E-state index in [-0.39, 0.29) is 37.1 Å². The summed E-state index contributed by atoms with van der Waals surface area (Å²) in [6.45, 7) is 1.48. The van der Waals surface area contributed by atoms with Gasteiger partial charge in [0.1, 0.15) is 5.82 Å². The van der Waals surface area contributed by atoms with E-state index >= 15 is 0 Å². The first-order valence-corrected chi connectivity index (χ1v) is 12.3. The highest BCUT2D eigenvalue weighted by molar-refractivity contribution is 5.91. The van der Waals surface area contributed by atoms with Crippen LogP contribution in [-0.2, 0) is 30.4 Å². The second-order valence-electron chi connectivity index (χ2n) is 8.97. The van der Waals surface area contributed by atoms with Gasteiger partial charge in [0, 0.05) is 31.2 Å². The largest absolute Gasteiger partial charge is 0.416 e. The summed E-state index contributed by atoms with van der Waals surface area (Å²) in [5, 5.41) is 16.3. The molecule has 1 aromatic heterocycles. The molecule has 11 heteroatoms. The summed E-state index contributed by atoms with van der Waals surface area (Å²) in [5.41, 5.74) is 2.61. The first-order valence-electron chi connectivity index (χ1n) is 12.3. The maximum atomic E-state index is 12.8.